The first-order valence-electron chi connectivity index (χ1n) is 23.1. The predicted molar refractivity (Wildman–Crippen MR) is 251 cm³/mol. The van der Waals surface area contributed by atoms with Gasteiger partial charge in [-0.15, -0.1) is 0 Å². The van der Waals surface area contributed by atoms with Crippen LogP contribution in [0.4, 0.5) is 0 Å². The lowest BCUT2D eigenvalue weighted by Gasteiger charge is -2.18. The number of allylic oxidation sites excluding steroid dienone is 19. The summed E-state index contributed by atoms with van der Waals surface area (Å²) in [6.45, 7) is 7.28. The third-order valence-electron chi connectivity index (χ3n) is 9.01. The summed E-state index contributed by atoms with van der Waals surface area (Å²) in [4.78, 5) is 25.2. The maximum absolute atomic E-state index is 12.7. The molecule has 326 valence electrons. The molecule has 0 heterocycles. The van der Waals surface area contributed by atoms with Crippen LogP contribution in [0, 0.1) is 0 Å². The minimum absolute atomic E-state index is 0.0195. The number of rotatable bonds is 40. The van der Waals surface area contributed by atoms with Crippen molar-refractivity contribution >= 4 is 11.9 Å². The highest BCUT2D eigenvalue weighted by Crippen LogP contribution is 2.12. The van der Waals surface area contributed by atoms with Gasteiger partial charge < -0.3 is 14.2 Å². The summed E-state index contributed by atoms with van der Waals surface area (Å²) in [5, 5.41) is 0. The number of carbonyl (C=O) groups excluding carboxylic acids is 2. The van der Waals surface area contributed by atoms with Gasteiger partial charge in [-0.3, -0.25) is 9.59 Å². The zero-order chi connectivity index (χ0) is 42.1. The molecule has 0 bridgehead atoms. The molecule has 1 atom stereocenters. The van der Waals surface area contributed by atoms with E-state index in [2.05, 4.69) is 142 Å². The maximum Gasteiger partial charge on any atom is 0.306 e. The Labute approximate surface area is 356 Å². The van der Waals surface area contributed by atoms with Gasteiger partial charge in [-0.1, -0.05) is 194 Å². The average Bonchev–Trinajstić information content (AvgIpc) is 3.22. The molecule has 0 aromatic rings. The van der Waals surface area contributed by atoms with Crippen molar-refractivity contribution in [2.45, 2.75) is 181 Å². The van der Waals surface area contributed by atoms with E-state index < -0.39 is 6.10 Å². The number of carbonyl (C=O) groups is 2. The molecule has 0 aromatic carbocycles. The molecule has 0 radical (unpaired) electrons. The van der Waals surface area contributed by atoms with Crippen LogP contribution < -0.4 is 0 Å². The second-order valence-electron chi connectivity index (χ2n) is 14.5. The largest absolute Gasteiger partial charge is 0.462 e. The molecule has 0 aromatic heterocycles. The molecule has 5 heteroatoms. The van der Waals surface area contributed by atoms with E-state index in [0.29, 0.717) is 19.4 Å². The molecule has 0 N–H and O–H groups in total. The van der Waals surface area contributed by atoms with E-state index in [9.17, 15) is 9.59 Å². The molecule has 0 aliphatic heterocycles. The Kier molecular flexibility index (Phi) is 44.6. The summed E-state index contributed by atoms with van der Waals surface area (Å²) in [7, 11) is 0. The Hall–Kier alpha value is -3.70. The van der Waals surface area contributed by atoms with E-state index >= 15 is 0 Å². The van der Waals surface area contributed by atoms with E-state index in [-0.39, 0.29) is 25.2 Å². The summed E-state index contributed by atoms with van der Waals surface area (Å²) < 4.78 is 17.1. The normalized spacial score (nSPS) is 13.4. The van der Waals surface area contributed by atoms with Crippen molar-refractivity contribution in [1.29, 1.82) is 0 Å². The average molecular weight is 801 g/mol. The number of ether oxygens (including phenoxy) is 3. The summed E-state index contributed by atoms with van der Waals surface area (Å²) in [6, 6.07) is 0. The molecule has 0 amide bonds. The molecule has 0 saturated carbocycles. The summed E-state index contributed by atoms with van der Waals surface area (Å²) in [5.41, 5.74) is 0. The quantitative estimate of drug-likeness (QED) is 0.0351. The second-order valence-corrected chi connectivity index (χ2v) is 14.5. The van der Waals surface area contributed by atoms with Crippen molar-refractivity contribution in [3.05, 3.63) is 122 Å². The lowest BCUT2D eigenvalue weighted by molar-refractivity contribution is -0.162. The molecular weight excluding hydrogens is 717 g/mol. The first-order valence-corrected chi connectivity index (χ1v) is 23.1. The fourth-order valence-electron chi connectivity index (χ4n) is 5.67. The molecule has 0 saturated heterocycles. The SMILES string of the molecule is CC/C=C\C/C=C\C/C=C\C/C=C\C/C=C\CCCC(=O)OCC(COCC/C=C\C/C=C\C/C=C\C/C=C\C/C=C\CC)OC(=O)CCCCCCCCCCC. The van der Waals surface area contributed by atoms with Crippen molar-refractivity contribution in [3.63, 3.8) is 0 Å². The lowest BCUT2D eigenvalue weighted by Crippen LogP contribution is -2.30. The molecule has 1 unspecified atom stereocenters. The van der Waals surface area contributed by atoms with E-state index in [4.69, 9.17) is 14.2 Å². The highest BCUT2D eigenvalue weighted by molar-refractivity contribution is 5.70. The molecule has 0 fully saturated rings. The zero-order valence-electron chi connectivity index (χ0n) is 37.3. The summed E-state index contributed by atoms with van der Waals surface area (Å²) in [5.74, 6) is -0.519. The van der Waals surface area contributed by atoms with E-state index in [1.54, 1.807) is 0 Å². The number of hydrogen-bond acceptors (Lipinski definition) is 5. The van der Waals surface area contributed by atoms with Gasteiger partial charge in [-0.2, -0.15) is 0 Å². The van der Waals surface area contributed by atoms with Crippen LogP contribution in [0.1, 0.15) is 175 Å². The Morgan fingerprint density at radius 2 is 0.776 bits per heavy atom. The maximum atomic E-state index is 12.7. The van der Waals surface area contributed by atoms with Crippen LogP contribution in [0.2, 0.25) is 0 Å². The summed E-state index contributed by atoms with van der Waals surface area (Å²) >= 11 is 0. The first kappa shape index (κ1) is 54.3. The number of unbranched alkanes of at least 4 members (excludes halogenated alkanes) is 9. The van der Waals surface area contributed by atoms with Gasteiger partial charge in [-0.25, -0.2) is 0 Å². The van der Waals surface area contributed by atoms with Gasteiger partial charge in [0.05, 0.1) is 13.2 Å². The van der Waals surface area contributed by atoms with Crippen LogP contribution in [-0.2, 0) is 23.8 Å². The van der Waals surface area contributed by atoms with Gasteiger partial charge >= 0.3 is 11.9 Å². The molecule has 0 rings (SSSR count). The number of esters is 2. The Balaban J connectivity index is 4.45. The van der Waals surface area contributed by atoms with Gasteiger partial charge in [0, 0.05) is 12.8 Å². The van der Waals surface area contributed by atoms with Crippen LogP contribution in [0.15, 0.2) is 122 Å². The van der Waals surface area contributed by atoms with Crippen LogP contribution in [0.3, 0.4) is 0 Å². The van der Waals surface area contributed by atoms with Crippen LogP contribution in [0.5, 0.6) is 0 Å². The van der Waals surface area contributed by atoms with E-state index in [0.717, 1.165) is 103 Å². The van der Waals surface area contributed by atoms with Crippen LogP contribution in [-0.4, -0.2) is 37.9 Å². The van der Waals surface area contributed by atoms with Gasteiger partial charge in [-0.05, 0) is 89.9 Å². The minimum atomic E-state index is -0.602. The van der Waals surface area contributed by atoms with Crippen molar-refractivity contribution in [2.24, 2.45) is 0 Å². The van der Waals surface area contributed by atoms with Crippen molar-refractivity contribution < 1.29 is 23.8 Å². The van der Waals surface area contributed by atoms with Crippen LogP contribution in [0.25, 0.3) is 0 Å². The molecular formula is C53H84O5. The highest BCUT2D eigenvalue weighted by atomic mass is 16.6. The van der Waals surface area contributed by atoms with E-state index in [1.165, 1.54) is 38.5 Å². The van der Waals surface area contributed by atoms with E-state index in [1.807, 2.05) is 0 Å². The standard InChI is InChI=1S/C53H84O5/c1-4-7-10-13-16-19-21-23-25-27-28-30-32-35-37-40-43-46-52(54)57-50-51(58-53(55)47-44-41-38-34-18-15-12-9-6-3)49-56-48-45-42-39-36-33-31-29-26-24-22-20-17-14-11-8-5-2/h7-8,10-11,16-17,19-20,23-26,28,30-31,33,35,37,39,42,51H,4-6,9,12-15,18,21-22,27,29,32,34,36,38,40-41,43-50H2,1-3H3/b10-7-,11-8-,19-16-,20-17-,25-23-,26-24-,30-28-,33-31-,37-35-,42-39-. The second kappa shape index (κ2) is 47.7. The third kappa shape index (κ3) is 45.0. The topological polar surface area (TPSA) is 61.8 Å². The minimum Gasteiger partial charge on any atom is -0.462 e. The molecule has 5 nitrogen and oxygen atoms in total. The Bertz CT molecular complexity index is 1220. The monoisotopic (exact) mass is 801 g/mol. The highest BCUT2D eigenvalue weighted by Gasteiger charge is 2.17. The molecule has 0 aliphatic carbocycles. The Morgan fingerprint density at radius 1 is 0.397 bits per heavy atom. The van der Waals surface area contributed by atoms with Gasteiger partial charge in [0.2, 0.25) is 0 Å². The third-order valence-corrected chi connectivity index (χ3v) is 9.01. The van der Waals surface area contributed by atoms with Gasteiger partial charge in [0.25, 0.3) is 0 Å². The van der Waals surface area contributed by atoms with Gasteiger partial charge in [0.15, 0.2) is 6.10 Å². The predicted octanol–water partition coefficient (Wildman–Crippen LogP) is 15.4. The fraction of sp³-hybridized carbons (Fsp3) is 0.585. The van der Waals surface area contributed by atoms with Crippen molar-refractivity contribution in [2.75, 3.05) is 19.8 Å². The lowest BCUT2D eigenvalue weighted by atomic mass is 10.1. The fourth-order valence-corrected chi connectivity index (χ4v) is 5.67. The molecule has 0 spiro atoms. The zero-order valence-corrected chi connectivity index (χ0v) is 37.3. The summed E-state index contributed by atoms with van der Waals surface area (Å²) in [6.07, 6.45) is 66.6. The van der Waals surface area contributed by atoms with Crippen molar-refractivity contribution in [3.8, 4) is 0 Å². The Morgan fingerprint density at radius 3 is 1.22 bits per heavy atom. The van der Waals surface area contributed by atoms with Gasteiger partial charge in [0.1, 0.15) is 6.61 Å². The first-order chi connectivity index (χ1) is 28.6. The molecule has 0 aliphatic rings. The smallest absolute Gasteiger partial charge is 0.306 e. The number of hydrogen-bond donors (Lipinski definition) is 0. The van der Waals surface area contributed by atoms with Crippen LogP contribution >= 0.6 is 0 Å². The van der Waals surface area contributed by atoms with Crippen molar-refractivity contribution in [1.82, 2.24) is 0 Å². The molecule has 58 heavy (non-hydrogen) atoms.